The number of benzene rings is 3. The fourth-order valence-electron chi connectivity index (χ4n) is 5.79. The van der Waals surface area contributed by atoms with E-state index in [1.807, 2.05) is 18.2 Å². The van der Waals surface area contributed by atoms with E-state index in [1.165, 1.54) is 0 Å². The fraction of sp³-hybridized carbons (Fsp3) is 0.357. The molecular weight excluding hydrogens is 385 g/mol. The molecule has 31 heavy (non-hydrogen) atoms. The van der Waals surface area contributed by atoms with Crippen LogP contribution in [-0.4, -0.2) is 36.3 Å². The van der Waals surface area contributed by atoms with Crippen LogP contribution in [0.3, 0.4) is 0 Å². The number of hydrogen-bond acceptors (Lipinski definition) is 2. The third-order valence-corrected chi connectivity index (χ3v) is 7.31. The maximum Gasteiger partial charge on any atom is 0.143 e. The molecule has 160 valence electrons. The van der Waals surface area contributed by atoms with Gasteiger partial charge in [-0.15, -0.1) is 0 Å². The van der Waals surface area contributed by atoms with Gasteiger partial charge in [0.1, 0.15) is 12.3 Å². The summed E-state index contributed by atoms with van der Waals surface area (Å²) < 4.78 is 20.8. The predicted octanol–water partition coefficient (Wildman–Crippen LogP) is 5.96. The van der Waals surface area contributed by atoms with Gasteiger partial charge in [-0.25, -0.2) is 4.39 Å². The summed E-state index contributed by atoms with van der Waals surface area (Å²) in [6.45, 7) is 1.32. The Morgan fingerprint density at radius 3 is 1.81 bits per heavy atom. The molecule has 0 spiro atoms. The predicted molar refractivity (Wildman–Crippen MR) is 123 cm³/mol. The van der Waals surface area contributed by atoms with Crippen LogP contribution in [0.5, 0.6) is 0 Å². The summed E-state index contributed by atoms with van der Waals surface area (Å²) in [5.74, 6) is 0. The quantitative estimate of drug-likeness (QED) is 0.441. The molecule has 0 aliphatic carbocycles. The van der Waals surface area contributed by atoms with Crippen LogP contribution in [0.1, 0.15) is 42.4 Å². The molecule has 0 aromatic heterocycles. The molecular formula is C28H30FNO. The van der Waals surface area contributed by atoms with E-state index in [9.17, 15) is 4.39 Å². The second-order valence-electron chi connectivity index (χ2n) is 8.94. The van der Waals surface area contributed by atoms with Gasteiger partial charge in [0.05, 0.1) is 6.61 Å². The lowest BCUT2D eigenvalue weighted by Gasteiger charge is -2.41. The monoisotopic (exact) mass is 415 g/mol. The van der Waals surface area contributed by atoms with Crippen LogP contribution in [-0.2, 0) is 10.3 Å². The summed E-state index contributed by atoms with van der Waals surface area (Å²) in [6, 6.07) is 31.6. The van der Waals surface area contributed by atoms with Crippen molar-refractivity contribution in [3.05, 3.63) is 108 Å². The maximum atomic E-state index is 13.7. The van der Waals surface area contributed by atoms with Crippen molar-refractivity contribution in [3.8, 4) is 0 Å². The van der Waals surface area contributed by atoms with E-state index in [4.69, 9.17) is 4.74 Å². The molecule has 2 atom stereocenters. The minimum absolute atomic E-state index is 0.0469. The Labute approximate surface area is 184 Å². The number of alkyl halides is 1. The summed E-state index contributed by atoms with van der Waals surface area (Å²) in [6.07, 6.45) is 4.14. The van der Waals surface area contributed by atoms with E-state index < -0.39 is 5.60 Å². The number of halogens is 1. The van der Waals surface area contributed by atoms with Gasteiger partial charge < -0.3 is 4.74 Å². The number of hydrogen-bond donors (Lipinski definition) is 0. The van der Waals surface area contributed by atoms with Crippen molar-refractivity contribution in [2.24, 2.45) is 0 Å². The lowest BCUT2D eigenvalue weighted by molar-refractivity contribution is -0.0476. The Morgan fingerprint density at radius 1 is 0.806 bits per heavy atom. The molecule has 2 aliphatic rings. The molecule has 3 aromatic carbocycles. The van der Waals surface area contributed by atoms with Crippen LogP contribution in [0.15, 0.2) is 91.0 Å². The molecule has 0 radical (unpaired) electrons. The first-order valence-corrected chi connectivity index (χ1v) is 11.4. The van der Waals surface area contributed by atoms with E-state index in [2.05, 4.69) is 77.7 Å². The van der Waals surface area contributed by atoms with Gasteiger partial charge in [-0.3, -0.25) is 4.90 Å². The molecule has 2 saturated heterocycles. The Balaban J connectivity index is 1.61. The van der Waals surface area contributed by atoms with Gasteiger partial charge in [-0.2, -0.15) is 0 Å². The zero-order valence-electron chi connectivity index (χ0n) is 17.9. The highest BCUT2D eigenvalue weighted by molar-refractivity contribution is 5.47. The molecule has 2 nitrogen and oxygen atoms in total. The number of rotatable bonds is 7. The normalized spacial score (nSPS) is 23.7. The van der Waals surface area contributed by atoms with Crippen molar-refractivity contribution < 1.29 is 9.13 Å². The van der Waals surface area contributed by atoms with E-state index in [0.717, 1.165) is 48.9 Å². The standard InChI is InChI=1S/C28H30FNO/c29-21-26-17-19-27(18-10-20-30(26)27)22-31-28(23-11-4-1-5-12-23,24-13-6-2-7-14-24)25-15-8-3-9-16-25/h1-9,11-16,26H,10,17-22H2. The molecule has 0 N–H and O–H groups in total. The molecule has 0 bridgehead atoms. The first-order chi connectivity index (χ1) is 15.3. The maximum absolute atomic E-state index is 13.7. The number of ether oxygens (including phenoxy) is 1. The molecule has 3 aromatic rings. The van der Waals surface area contributed by atoms with Crippen LogP contribution in [0.2, 0.25) is 0 Å². The van der Waals surface area contributed by atoms with Gasteiger partial charge in [-0.05, 0) is 48.9 Å². The molecule has 2 heterocycles. The van der Waals surface area contributed by atoms with Gasteiger partial charge in [-0.1, -0.05) is 91.0 Å². The zero-order chi connectivity index (χ0) is 21.2. The summed E-state index contributed by atoms with van der Waals surface area (Å²) >= 11 is 0. The molecule has 2 aliphatic heterocycles. The highest BCUT2D eigenvalue weighted by Crippen LogP contribution is 2.46. The van der Waals surface area contributed by atoms with E-state index in [-0.39, 0.29) is 18.3 Å². The summed E-state index contributed by atoms with van der Waals surface area (Å²) in [4.78, 5) is 2.40. The zero-order valence-corrected chi connectivity index (χ0v) is 17.9. The molecule has 2 fully saturated rings. The molecule has 0 amide bonds. The summed E-state index contributed by atoms with van der Waals surface area (Å²) in [7, 11) is 0. The topological polar surface area (TPSA) is 12.5 Å². The van der Waals surface area contributed by atoms with Crippen molar-refractivity contribution in [3.63, 3.8) is 0 Å². The first-order valence-electron chi connectivity index (χ1n) is 11.4. The Bertz CT molecular complexity index is 881. The van der Waals surface area contributed by atoms with E-state index in [1.54, 1.807) is 0 Å². The summed E-state index contributed by atoms with van der Waals surface area (Å²) in [5.41, 5.74) is 2.59. The molecule has 0 saturated carbocycles. The third kappa shape index (κ3) is 3.50. The third-order valence-electron chi connectivity index (χ3n) is 7.31. The van der Waals surface area contributed by atoms with Crippen LogP contribution in [0, 0.1) is 0 Å². The average molecular weight is 416 g/mol. The minimum Gasteiger partial charge on any atom is -0.359 e. The van der Waals surface area contributed by atoms with E-state index >= 15 is 0 Å². The second-order valence-corrected chi connectivity index (χ2v) is 8.94. The highest BCUT2D eigenvalue weighted by Gasteiger charge is 2.51. The lowest BCUT2D eigenvalue weighted by Crippen LogP contribution is -2.48. The summed E-state index contributed by atoms with van der Waals surface area (Å²) in [5, 5.41) is 0. The van der Waals surface area contributed by atoms with Crippen molar-refractivity contribution in [1.29, 1.82) is 0 Å². The van der Waals surface area contributed by atoms with Crippen LogP contribution < -0.4 is 0 Å². The van der Waals surface area contributed by atoms with Crippen molar-refractivity contribution in [2.75, 3.05) is 19.8 Å². The average Bonchev–Trinajstić information content (AvgIpc) is 3.41. The molecule has 2 unspecified atom stereocenters. The van der Waals surface area contributed by atoms with Crippen LogP contribution in [0.25, 0.3) is 0 Å². The molecule has 3 heteroatoms. The van der Waals surface area contributed by atoms with Gasteiger partial charge >= 0.3 is 0 Å². The SMILES string of the molecule is FCC1CCC2(COC(c3ccccc3)(c3ccccc3)c3ccccc3)CCCN12. The first kappa shape index (κ1) is 20.4. The van der Waals surface area contributed by atoms with Crippen molar-refractivity contribution >= 4 is 0 Å². The smallest absolute Gasteiger partial charge is 0.143 e. The van der Waals surface area contributed by atoms with Crippen molar-refractivity contribution in [2.45, 2.75) is 42.9 Å². The Morgan fingerprint density at radius 2 is 1.32 bits per heavy atom. The van der Waals surface area contributed by atoms with Gasteiger partial charge in [0.2, 0.25) is 0 Å². The van der Waals surface area contributed by atoms with Gasteiger partial charge in [0, 0.05) is 11.6 Å². The van der Waals surface area contributed by atoms with Gasteiger partial charge in [0.25, 0.3) is 0 Å². The number of nitrogens with zero attached hydrogens (tertiary/aromatic N) is 1. The lowest BCUT2D eigenvalue weighted by atomic mass is 9.79. The Kier molecular flexibility index (Phi) is 5.64. The molecule has 5 rings (SSSR count). The largest absolute Gasteiger partial charge is 0.359 e. The number of fused-ring (bicyclic) bond motifs is 1. The van der Waals surface area contributed by atoms with E-state index in [0.29, 0.717) is 6.61 Å². The van der Waals surface area contributed by atoms with Crippen LogP contribution in [0.4, 0.5) is 4.39 Å². The second kappa shape index (κ2) is 8.57. The van der Waals surface area contributed by atoms with Crippen LogP contribution >= 0.6 is 0 Å². The highest BCUT2D eigenvalue weighted by atomic mass is 19.1. The van der Waals surface area contributed by atoms with Gasteiger partial charge in [0.15, 0.2) is 0 Å². The minimum atomic E-state index is -0.708. The Hall–Kier alpha value is -2.49. The van der Waals surface area contributed by atoms with Crippen molar-refractivity contribution in [1.82, 2.24) is 4.90 Å². The fourth-order valence-corrected chi connectivity index (χ4v) is 5.79.